The number of aromatic nitrogens is 4. The molecule has 180 valence electrons. The van der Waals surface area contributed by atoms with Crippen LogP contribution in [0.3, 0.4) is 0 Å². The molecule has 3 aliphatic rings. The largest absolute Gasteiger partial charge is 0.384 e. The molecule has 3 aliphatic carbocycles. The molecule has 0 saturated heterocycles. The zero-order valence-electron chi connectivity index (χ0n) is 20.5. The molecule has 0 radical (unpaired) electrons. The average Bonchev–Trinajstić information content (AvgIpc) is 3.39. The zero-order chi connectivity index (χ0) is 23.9. The summed E-state index contributed by atoms with van der Waals surface area (Å²) in [6.07, 6.45) is 8.73. The number of hydrogen-bond acceptors (Lipinski definition) is 5. The number of pyridine rings is 1. The van der Waals surface area contributed by atoms with Crippen LogP contribution in [0.1, 0.15) is 67.6 Å². The van der Waals surface area contributed by atoms with Gasteiger partial charge in [-0.3, -0.25) is 0 Å². The van der Waals surface area contributed by atoms with E-state index in [4.69, 9.17) is 5.73 Å². The normalized spacial score (nSPS) is 24.7. The van der Waals surface area contributed by atoms with E-state index in [-0.39, 0.29) is 5.92 Å². The first-order valence-electron chi connectivity index (χ1n) is 12.9. The van der Waals surface area contributed by atoms with Gasteiger partial charge in [0.05, 0.1) is 0 Å². The molecule has 2 aromatic heterocycles. The van der Waals surface area contributed by atoms with Crippen LogP contribution in [0.5, 0.6) is 0 Å². The highest BCUT2D eigenvalue weighted by Crippen LogP contribution is 2.55. The van der Waals surface area contributed by atoms with Crippen molar-refractivity contribution in [2.45, 2.75) is 61.8 Å². The lowest BCUT2D eigenvalue weighted by Gasteiger charge is -2.57. The van der Waals surface area contributed by atoms with Gasteiger partial charge in [-0.15, -0.1) is 5.10 Å². The predicted octanol–water partition coefficient (Wildman–Crippen LogP) is 5.43. The van der Waals surface area contributed by atoms with Crippen LogP contribution in [0, 0.1) is 0 Å². The van der Waals surface area contributed by atoms with Gasteiger partial charge in [-0.2, -0.15) is 10.3 Å². The zero-order valence-corrected chi connectivity index (χ0v) is 20.5. The van der Waals surface area contributed by atoms with Gasteiger partial charge in [-0.05, 0) is 86.7 Å². The van der Waals surface area contributed by atoms with Crippen LogP contribution in [0.25, 0.3) is 11.2 Å². The maximum absolute atomic E-state index is 6.18. The molecule has 35 heavy (non-hydrogen) atoms. The molecule has 6 nitrogen and oxygen atoms in total. The summed E-state index contributed by atoms with van der Waals surface area (Å²) in [5, 5.41) is 11.4. The first-order valence-corrected chi connectivity index (χ1v) is 12.9. The number of nitrogens with two attached hydrogens (primary N) is 1. The van der Waals surface area contributed by atoms with Crippen molar-refractivity contribution >= 4 is 17.0 Å². The smallest absolute Gasteiger partial charge is 0.203 e. The van der Waals surface area contributed by atoms with Gasteiger partial charge in [0.15, 0.2) is 0 Å². The van der Waals surface area contributed by atoms with Gasteiger partial charge in [0, 0.05) is 11.5 Å². The fourth-order valence-electron chi connectivity index (χ4n) is 6.85. The molecule has 3 saturated carbocycles. The Labute approximate surface area is 206 Å². The monoisotopic (exact) mass is 466 g/mol. The maximum Gasteiger partial charge on any atom is 0.203 e. The second-order valence-corrected chi connectivity index (χ2v) is 10.7. The predicted molar refractivity (Wildman–Crippen MR) is 140 cm³/mol. The van der Waals surface area contributed by atoms with Gasteiger partial charge < -0.3 is 10.6 Å². The number of aromatic amines is 1. The summed E-state index contributed by atoms with van der Waals surface area (Å²) in [6, 6.07) is 23.9. The third-order valence-electron chi connectivity index (χ3n) is 9.07. The molecule has 3 fully saturated rings. The lowest BCUT2D eigenvalue weighted by atomic mass is 9.54. The summed E-state index contributed by atoms with van der Waals surface area (Å²) in [7, 11) is 2.34. The summed E-state index contributed by atoms with van der Waals surface area (Å²) in [5.41, 5.74) is 12.2. The van der Waals surface area contributed by atoms with E-state index in [0.717, 1.165) is 24.0 Å². The van der Waals surface area contributed by atoms with Crippen molar-refractivity contribution in [2.24, 2.45) is 0 Å². The molecule has 3 N–H and O–H groups in total. The Bertz CT molecular complexity index is 1270. The molecule has 0 unspecified atom stereocenters. The Balaban J connectivity index is 1.23. The lowest BCUT2D eigenvalue weighted by Crippen LogP contribution is -2.56. The topological polar surface area (TPSA) is 83.7 Å². The van der Waals surface area contributed by atoms with E-state index in [0.29, 0.717) is 22.4 Å². The Hall–Kier alpha value is -3.25. The summed E-state index contributed by atoms with van der Waals surface area (Å²) in [6.45, 7) is 1.03. The Morgan fingerprint density at radius 3 is 2.26 bits per heavy atom. The first kappa shape index (κ1) is 22.2. The average molecular weight is 467 g/mol. The molecule has 0 aliphatic heterocycles. The number of hydrogen-bond donors (Lipinski definition) is 2. The molecule has 6 heteroatoms. The van der Waals surface area contributed by atoms with E-state index >= 15 is 0 Å². The van der Waals surface area contributed by atoms with Crippen molar-refractivity contribution in [3.05, 3.63) is 83.4 Å². The minimum atomic E-state index is 0.184. The summed E-state index contributed by atoms with van der Waals surface area (Å²) >= 11 is 0. The van der Waals surface area contributed by atoms with E-state index in [1.165, 1.54) is 44.1 Å². The maximum atomic E-state index is 6.18. The molecule has 0 amide bonds. The number of rotatable bonds is 7. The van der Waals surface area contributed by atoms with Crippen molar-refractivity contribution in [1.82, 2.24) is 25.3 Å². The number of H-pyrrole nitrogens is 1. The quantitative estimate of drug-likeness (QED) is 0.379. The molecule has 2 aromatic carbocycles. The highest BCUT2D eigenvalue weighted by atomic mass is 15.3. The van der Waals surface area contributed by atoms with E-state index in [1.807, 2.05) is 6.07 Å². The molecule has 1 atom stereocenters. The molecule has 4 aromatic rings. The van der Waals surface area contributed by atoms with Gasteiger partial charge in [0.25, 0.3) is 0 Å². The molecule has 2 bridgehead atoms. The minimum absolute atomic E-state index is 0.184. The number of nitrogen functional groups attached to an aromatic ring is 1. The third kappa shape index (κ3) is 3.90. The van der Waals surface area contributed by atoms with Crippen LogP contribution < -0.4 is 5.73 Å². The van der Waals surface area contributed by atoms with Gasteiger partial charge in [0.2, 0.25) is 5.65 Å². The van der Waals surface area contributed by atoms with Crippen molar-refractivity contribution in [1.29, 1.82) is 0 Å². The van der Waals surface area contributed by atoms with Crippen molar-refractivity contribution in [3.63, 3.8) is 0 Å². The third-order valence-corrected chi connectivity index (χ3v) is 9.07. The SMILES string of the molecule is CN(CC[C@H](c1ccccc1)c1cc(N)nc2n[nH]nc12)C12CCC(c3ccccc3)(CC1)CC2. The molecule has 7 rings (SSSR count). The number of nitrogens with one attached hydrogen (secondary N) is 1. The number of anilines is 1. The minimum Gasteiger partial charge on any atom is -0.384 e. The number of fused-ring (bicyclic) bond motifs is 4. The lowest BCUT2D eigenvalue weighted by molar-refractivity contribution is -0.0110. The Morgan fingerprint density at radius 2 is 1.57 bits per heavy atom. The van der Waals surface area contributed by atoms with E-state index in [9.17, 15) is 0 Å². The number of benzene rings is 2. The van der Waals surface area contributed by atoms with Crippen LogP contribution in [0.2, 0.25) is 0 Å². The highest BCUT2D eigenvalue weighted by Gasteiger charge is 2.50. The summed E-state index contributed by atoms with van der Waals surface area (Å²) in [5.74, 6) is 0.676. The van der Waals surface area contributed by atoms with E-state index < -0.39 is 0 Å². The Morgan fingerprint density at radius 1 is 0.914 bits per heavy atom. The van der Waals surface area contributed by atoms with E-state index in [1.54, 1.807) is 5.56 Å². The van der Waals surface area contributed by atoms with Crippen LogP contribution >= 0.6 is 0 Å². The standard InChI is InChI=1S/C29H34N6/c1-35(29-16-13-28(14-17-29,15-18-29)22-10-6-3-7-11-22)19-12-23(21-8-4-2-5-9-21)24-20-25(30)31-27-26(24)32-34-33-27/h2-11,20,23H,12-19H2,1H3,(H3,30,31,32,33,34)/t23-,28?,29?/m1/s1. The van der Waals surface area contributed by atoms with Gasteiger partial charge in [-0.25, -0.2) is 4.98 Å². The molecule has 0 spiro atoms. The van der Waals surface area contributed by atoms with Crippen molar-refractivity contribution in [3.8, 4) is 0 Å². The fourth-order valence-corrected chi connectivity index (χ4v) is 6.85. The Kier molecular flexibility index (Phi) is 5.56. The first-order chi connectivity index (χ1) is 17.1. The van der Waals surface area contributed by atoms with Crippen LogP contribution in [-0.4, -0.2) is 44.4 Å². The highest BCUT2D eigenvalue weighted by molar-refractivity contribution is 5.77. The van der Waals surface area contributed by atoms with Crippen LogP contribution in [0.4, 0.5) is 5.82 Å². The number of nitrogens with zero attached hydrogens (tertiary/aromatic N) is 4. The van der Waals surface area contributed by atoms with Gasteiger partial charge >= 0.3 is 0 Å². The van der Waals surface area contributed by atoms with Crippen molar-refractivity contribution in [2.75, 3.05) is 19.3 Å². The van der Waals surface area contributed by atoms with E-state index in [2.05, 4.69) is 93.0 Å². The fraction of sp³-hybridized carbons (Fsp3) is 0.414. The van der Waals surface area contributed by atoms with Crippen LogP contribution in [0.15, 0.2) is 66.7 Å². The summed E-state index contributed by atoms with van der Waals surface area (Å²) < 4.78 is 0. The van der Waals surface area contributed by atoms with Crippen LogP contribution in [-0.2, 0) is 5.41 Å². The second kappa shape index (κ2) is 8.76. The van der Waals surface area contributed by atoms with Crippen molar-refractivity contribution < 1.29 is 0 Å². The molecular formula is C29H34N6. The molecule has 2 heterocycles. The van der Waals surface area contributed by atoms with Gasteiger partial charge in [-0.1, -0.05) is 60.7 Å². The summed E-state index contributed by atoms with van der Waals surface area (Å²) in [4.78, 5) is 7.03. The van der Waals surface area contributed by atoms with Gasteiger partial charge in [0.1, 0.15) is 11.3 Å². The second-order valence-electron chi connectivity index (χ2n) is 10.7. The molecular weight excluding hydrogens is 432 g/mol.